The zero-order chi connectivity index (χ0) is 20.2. The van der Waals surface area contributed by atoms with Crippen LogP contribution in [-0.2, 0) is 6.54 Å². The number of anilines is 2. The van der Waals surface area contributed by atoms with Crippen LogP contribution < -0.4 is 10.2 Å². The zero-order valence-electron chi connectivity index (χ0n) is 17.0. The minimum absolute atomic E-state index is 0.0947. The predicted octanol–water partition coefficient (Wildman–Crippen LogP) is 3.24. The first-order valence-corrected chi connectivity index (χ1v) is 10.00. The number of imidazole rings is 1. The summed E-state index contributed by atoms with van der Waals surface area (Å²) in [5.41, 5.74) is 3.81. The molecule has 0 spiro atoms. The molecular weight excluding hydrogens is 362 g/mol. The molecule has 1 aliphatic rings. The Kier molecular flexibility index (Phi) is 5.62. The van der Waals surface area contributed by atoms with Gasteiger partial charge >= 0.3 is 0 Å². The number of hydrogen-bond donors (Lipinski definition) is 1. The molecule has 2 heterocycles. The quantitative estimate of drug-likeness (QED) is 0.728. The van der Waals surface area contributed by atoms with Crippen LogP contribution in [0.3, 0.4) is 0 Å². The minimum atomic E-state index is -0.0947. The van der Waals surface area contributed by atoms with Crippen molar-refractivity contribution in [3.8, 4) is 0 Å². The first-order chi connectivity index (χ1) is 14.1. The van der Waals surface area contributed by atoms with Gasteiger partial charge in [0.1, 0.15) is 5.82 Å². The second-order valence-electron chi connectivity index (χ2n) is 7.59. The lowest BCUT2D eigenvalue weighted by Crippen LogP contribution is -2.44. The van der Waals surface area contributed by atoms with Gasteiger partial charge in [0.15, 0.2) is 0 Å². The summed E-state index contributed by atoms with van der Waals surface area (Å²) in [4.78, 5) is 21.5. The Bertz CT molecular complexity index is 954. The molecule has 0 unspecified atom stereocenters. The summed E-state index contributed by atoms with van der Waals surface area (Å²) in [7, 11) is 2.15. The molecule has 0 atom stereocenters. The van der Waals surface area contributed by atoms with Crippen molar-refractivity contribution in [1.29, 1.82) is 0 Å². The van der Waals surface area contributed by atoms with Gasteiger partial charge in [-0.1, -0.05) is 12.1 Å². The topological polar surface area (TPSA) is 53.4 Å². The van der Waals surface area contributed by atoms with Crippen LogP contribution in [0.4, 0.5) is 11.4 Å². The molecule has 150 valence electrons. The first-order valence-electron chi connectivity index (χ1n) is 10.00. The number of nitrogens with one attached hydrogen (secondary N) is 1. The highest BCUT2D eigenvalue weighted by Crippen LogP contribution is 2.20. The summed E-state index contributed by atoms with van der Waals surface area (Å²) in [6.45, 7) is 6.96. The van der Waals surface area contributed by atoms with Crippen molar-refractivity contribution in [3.05, 3.63) is 77.9 Å². The molecule has 2 aromatic carbocycles. The number of rotatable bonds is 5. The van der Waals surface area contributed by atoms with E-state index < -0.39 is 0 Å². The van der Waals surface area contributed by atoms with Crippen LogP contribution in [0.25, 0.3) is 0 Å². The summed E-state index contributed by atoms with van der Waals surface area (Å²) in [6.07, 6.45) is 3.76. The Morgan fingerprint density at radius 2 is 1.69 bits per heavy atom. The van der Waals surface area contributed by atoms with Crippen molar-refractivity contribution in [3.63, 3.8) is 0 Å². The number of amides is 1. The first kappa shape index (κ1) is 19.2. The largest absolute Gasteiger partial charge is 0.369 e. The Hall–Kier alpha value is -3.12. The van der Waals surface area contributed by atoms with Crippen LogP contribution in [0.2, 0.25) is 0 Å². The van der Waals surface area contributed by atoms with Crippen molar-refractivity contribution in [1.82, 2.24) is 14.5 Å². The van der Waals surface area contributed by atoms with Crippen LogP contribution in [0.5, 0.6) is 0 Å². The molecule has 0 bridgehead atoms. The van der Waals surface area contributed by atoms with E-state index in [2.05, 4.69) is 43.8 Å². The second kappa shape index (κ2) is 8.49. The van der Waals surface area contributed by atoms with Gasteiger partial charge in [0.25, 0.3) is 5.91 Å². The lowest BCUT2D eigenvalue weighted by Gasteiger charge is -2.34. The Morgan fingerprint density at radius 1 is 1.00 bits per heavy atom. The van der Waals surface area contributed by atoms with E-state index in [1.54, 1.807) is 6.20 Å². The average molecular weight is 390 g/mol. The van der Waals surface area contributed by atoms with Crippen molar-refractivity contribution >= 4 is 17.3 Å². The van der Waals surface area contributed by atoms with Crippen LogP contribution in [0.15, 0.2) is 60.9 Å². The maximum Gasteiger partial charge on any atom is 0.255 e. The van der Waals surface area contributed by atoms with Gasteiger partial charge in [-0.05, 0) is 55.9 Å². The maximum absolute atomic E-state index is 12.6. The van der Waals surface area contributed by atoms with E-state index in [-0.39, 0.29) is 5.91 Å². The van der Waals surface area contributed by atoms with Gasteiger partial charge in [0.2, 0.25) is 0 Å². The van der Waals surface area contributed by atoms with E-state index in [4.69, 9.17) is 0 Å². The summed E-state index contributed by atoms with van der Waals surface area (Å²) >= 11 is 0. The number of benzene rings is 2. The van der Waals surface area contributed by atoms with E-state index in [0.29, 0.717) is 5.56 Å². The van der Waals surface area contributed by atoms with Gasteiger partial charge in [-0.25, -0.2) is 4.98 Å². The molecule has 1 aliphatic heterocycles. The minimum Gasteiger partial charge on any atom is -0.369 e. The lowest BCUT2D eigenvalue weighted by atomic mass is 10.1. The third kappa shape index (κ3) is 4.66. The van der Waals surface area contributed by atoms with Crippen molar-refractivity contribution in [2.24, 2.45) is 0 Å². The molecule has 6 nitrogen and oxygen atoms in total. The smallest absolute Gasteiger partial charge is 0.255 e. The molecule has 3 aromatic rings. The van der Waals surface area contributed by atoms with E-state index >= 15 is 0 Å². The van der Waals surface area contributed by atoms with Crippen LogP contribution in [0.1, 0.15) is 21.7 Å². The van der Waals surface area contributed by atoms with E-state index in [0.717, 1.165) is 49.8 Å². The van der Waals surface area contributed by atoms with Gasteiger partial charge in [0.05, 0.1) is 0 Å². The van der Waals surface area contributed by atoms with E-state index in [1.165, 1.54) is 5.69 Å². The summed E-state index contributed by atoms with van der Waals surface area (Å²) in [6, 6.07) is 15.8. The molecule has 0 aliphatic carbocycles. The second-order valence-corrected chi connectivity index (χ2v) is 7.59. The van der Waals surface area contributed by atoms with Crippen molar-refractivity contribution in [2.75, 3.05) is 43.4 Å². The number of likely N-dealkylation sites (N-methyl/N-ethyl adjacent to an activating group) is 1. The monoisotopic (exact) mass is 389 g/mol. The number of piperazine rings is 1. The fraction of sp³-hybridized carbons (Fsp3) is 0.304. The highest BCUT2D eigenvalue weighted by molar-refractivity contribution is 6.04. The van der Waals surface area contributed by atoms with Crippen LogP contribution in [0, 0.1) is 6.92 Å². The van der Waals surface area contributed by atoms with Gasteiger partial charge < -0.3 is 19.7 Å². The molecule has 0 saturated carbocycles. The molecule has 1 saturated heterocycles. The Labute approximate surface area is 171 Å². The fourth-order valence-electron chi connectivity index (χ4n) is 3.55. The SMILES string of the molecule is Cc1nccn1Cc1ccc(C(=O)Nc2ccc(N3CCN(C)CC3)cc2)cc1. The lowest BCUT2D eigenvalue weighted by molar-refractivity contribution is 0.102. The Morgan fingerprint density at radius 3 is 2.31 bits per heavy atom. The van der Waals surface area contributed by atoms with E-state index in [9.17, 15) is 4.79 Å². The summed E-state index contributed by atoms with van der Waals surface area (Å²) in [5.74, 6) is 0.884. The number of nitrogens with zero attached hydrogens (tertiary/aromatic N) is 4. The molecule has 6 heteroatoms. The van der Waals surface area contributed by atoms with Crippen molar-refractivity contribution in [2.45, 2.75) is 13.5 Å². The number of aryl methyl sites for hydroxylation is 1. The normalized spacial score (nSPS) is 14.8. The highest BCUT2D eigenvalue weighted by Gasteiger charge is 2.14. The molecular formula is C23H27N5O. The molecule has 1 fully saturated rings. The number of aromatic nitrogens is 2. The molecule has 1 N–H and O–H groups in total. The third-order valence-corrected chi connectivity index (χ3v) is 5.49. The molecule has 29 heavy (non-hydrogen) atoms. The molecule has 0 radical (unpaired) electrons. The molecule has 1 aromatic heterocycles. The van der Waals surface area contributed by atoms with Gasteiger partial charge in [-0.2, -0.15) is 0 Å². The highest BCUT2D eigenvalue weighted by atomic mass is 16.1. The number of carbonyl (C=O) groups is 1. The van der Waals surface area contributed by atoms with Gasteiger partial charge in [-0.3, -0.25) is 4.79 Å². The number of hydrogen-bond acceptors (Lipinski definition) is 4. The summed E-state index contributed by atoms with van der Waals surface area (Å²) in [5, 5.41) is 2.99. The average Bonchev–Trinajstić information content (AvgIpc) is 3.14. The summed E-state index contributed by atoms with van der Waals surface area (Å²) < 4.78 is 2.08. The third-order valence-electron chi connectivity index (χ3n) is 5.49. The van der Waals surface area contributed by atoms with E-state index in [1.807, 2.05) is 49.5 Å². The fourth-order valence-corrected chi connectivity index (χ4v) is 3.55. The van der Waals surface area contributed by atoms with Gasteiger partial charge in [-0.15, -0.1) is 0 Å². The van der Waals surface area contributed by atoms with Crippen molar-refractivity contribution < 1.29 is 4.79 Å². The van der Waals surface area contributed by atoms with Gasteiger partial charge in [0, 0.05) is 62.1 Å². The Balaban J connectivity index is 1.35. The molecule has 1 amide bonds. The standard InChI is InChI=1S/C23H27N5O/c1-18-24-11-12-28(18)17-19-3-5-20(6-4-19)23(29)25-21-7-9-22(10-8-21)27-15-13-26(2)14-16-27/h3-12H,13-17H2,1-2H3,(H,25,29). The molecule has 4 rings (SSSR count). The zero-order valence-corrected chi connectivity index (χ0v) is 17.0. The van der Waals surface area contributed by atoms with Crippen LogP contribution >= 0.6 is 0 Å². The maximum atomic E-state index is 12.6. The number of carbonyl (C=O) groups excluding carboxylic acids is 1. The predicted molar refractivity (Wildman–Crippen MR) is 117 cm³/mol. The van der Waals surface area contributed by atoms with Crippen LogP contribution in [-0.4, -0.2) is 53.6 Å².